The van der Waals surface area contributed by atoms with Gasteiger partial charge in [0, 0.05) is 13.2 Å². The van der Waals surface area contributed by atoms with Crippen molar-refractivity contribution in [3.8, 4) is 5.75 Å². The molecule has 1 aromatic carbocycles. The van der Waals surface area contributed by atoms with Crippen LogP contribution in [0.4, 0.5) is 0 Å². The van der Waals surface area contributed by atoms with Crippen molar-refractivity contribution in [1.29, 1.82) is 0 Å². The summed E-state index contributed by atoms with van der Waals surface area (Å²) in [5, 5.41) is 3.52. The first-order valence-corrected chi connectivity index (χ1v) is 8.64. The normalized spacial score (nSPS) is 12.8. The van der Waals surface area contributed by atoms with E-state index in [0.29, 0.717) is 12.5 Å². The van der Waals surface area contributed by atoms with Crippen LogP contribution in [0.25, 0.3) is 0 Å². The molecule has 0 aliphatic carbocycles. The highest BCUT2D eigenvalue weighted by molar-refractivity contribution is 5.28. The number of nitrogens with one attached hydrogen (secondary N) is 1. The van der Waals surface area contributed by atoms with E-state index >= 15 is 0 Å². The summed E-state index contributed by atoms with van der Waals surface area (Å²) in [6.45, 7) is 10.4. The van der Waals surface area contributed by atoms with Crippen molar-refractivity contribution >= 4 is 0 Å². The van der Waals surface area contributed by atoms with E-state index in [2.05, 4.69) is 31.3 Å². The van der Waals surface area contributed by atoms with Crippen molar-refractivity contribution in [2.75, 3.05) is 13.2 Å². The first-order valence-electron chi connectivity index (χ1n) is 8.64. The van der Waals surface area contributed by atoms with Gasteiger partial charge >= 0.3 is 0 Å². The van der Waals surface area contributed by atoms with Crippen LogP contribution in [-0.2, 0) is 11.3 Å². The van der Waals surface area contributed by atoms with Gasteiger partial charge in [-0.1, -0.05) is 26.0 Å². The second-order valence-electron chi connectivity index (χ2n) is 6.69. The standard InChI is InChI=1S/C20H29NO3/c1-15(2)13-22-14-19(20-9-6-10-23-20)21-12-17-7-5-8-18(11-17)24-16(3)4/h5-11,15-16,19,21H,12-14H2,1-4H3. The Bertz CT molecular complexity index is 578. The Morgan fingerprint density at radius 3 is 2.54 bits per heavy atom. The average Bonchev–Trinajstić information content (AvgIpc) is 3.04. The molecule has 0 aliphatic rings. The molecular weight excluding hydrogens is 302 g/mol. The number of benzene rings is 1. The molecule has 1 aromatic heterocycles. The molecule has 1 unspecified atom stereocenters. The molecule has 1 atom stereocenters. The molecule has 2 rings (SSSR count). The van der Waals surface area contributed by atoms with Gasteiger partial charge in [-0.3, -0.25) is 0 Å². The van der Waals surface area contributed by atoms with E-state index in [1.165, 1.54) is 5.56 Å². The molecule has 0 saturated heterocycles. The third-order valence-corrected chi connectivity index (χ3v) is 3.45. The van der Waals surface area contributed by atoms with Gasteiger partial charge in [-0.05, 0) is 49.6 Å². The number of furan rings is 1. The maximum atomic E-state index is 5.80. The Balaban J connectivity index is 1.94. The molecule has 1 N–H and O–H groups in total. The van der Waals surface area contributed by atoms with Crippen LogP contribution in [0.2, 0.25) is 0 Å². The lowest BCUT2D eigenvalue weighted by Crippen LogP contribution is -2.25. The van der Waals surface area contributed by atoms with Gasteiger partial charge in [0.05, 0.1) is 25.0 Å². The third-order valence-electron chi connectivity index (χ3n) is 3.45. The Hall–Kier alpha value is -1.78. The maximum absolute atomic E-state index is 5.80. The lowest BCUT2D eigenvalue weighted by atomic mass is 10.1. The summed E-state index contributed by atoms with van der Waals surface area (Å²) in [7, 11) is 0. The zero-order valence-corrected chi connectivity index (χ0v) is 15.1. The van der Waals surface area contributed by atoms with Gasteiger partial charge in [-0.15, -0.1) is 0 Å². The molecule has 0 spiro atoms. The minimum absolute atomic E-state index is 0.0356. The van der Waals surface area contributed by atoms with Gasteiger partial charge in [0.1, 0.15) is 11.5 Å². The lowest BCUT2D eigenvalue weighted by molar-refractivity contribution is 0.0844. The molecule has 0 bridgehead atoms. The van der Waals surface area contributed by atoms with Crippen LogP contribution in [-0.4, -0.2) is 19.3 Å². The van der Waals surface area contributed by atoms with Gasteiger partial charge in [0.25, 0.3) is 0 Å². The van der Waals surface area contributed by atoms with Crippen LogP contribution in [0, 0.1) is 5.92 Å². The van der Waals surface area contributed by atoms with Gasteiger partial charge in [-0.25, -0.2) is 0 Å². The van der Waals surface area contributed by atoms with Crippen LogP contribution in [0.5, 0.6) is 5.75 Å². The molecule has 1 heterocycles. The number of hydrogen-bond acceptors (Lipinski definition) is 4. The van der Waals surface area contributed by atoms with Crippen molar-refractivity contribution < 1.29 is 13.9 Å². The number of ether oxygens (including phenoxy) is 2. The first kappa shape index (κ1) is 18.6. The predicted octanol–water partition coefficient (Wildman–Crippen LogP) is 4.57. The second kappa shape index (κ2) is 9.50. The summed E-state index contributed by atoms with van der Waals surface area (Å²) < 4.78 is 17.1. The van der Waals surface area contributed by atoms with E-state index in [1.54, 1.807) is 6.26 Å². The van der Waals surface area contributed by atoms with E-state index in [-0.39, 0.29) is 12.1 Å². The fraction of sp³-hybridized carbons (Fsp3) is 0.500. The van der Waals surface area contributed by atoms with Crippen LogP contribution in [0.1, 0.15) is 45.1 Å². The van der Waals surface area contributed by atoms with E-state index in [1.807, 2.05) is 38.1 Å². The van der Waals surface area contributed by atoms with Crippen molar-refractivity contribution in [1.82, 2.24) is 5.32 Å². The fourth-order valence-electron chi connectivity index (χ4n) is 2.39. The third kappa shape index (κ3) is 6.38. The summed E-state index contributed by atoms with van der Waals surface area (Å²) in [6.07, 6.45) is 1.87. The van der Waals surface area contributed by atoms with Gasteiger partial charge in [0.15, 0.2) is 0 Å². The Kier molecular flexibility index (Phi) is 7.35. The molecule has 2 aromatic rings. The zero-order chi connectivity index (χ0) is 17.4. The van der Waals surface area contributed by atoms with Crippen LogP contribution < -0.4 is 10.1 Å². The molecule has 132 valence electrons. The molecule has 0 amide bonds. The van der Waals surface area contributed by atoms with Crippen molar-refractivity contribution in [3.63, 3.8) is 0 Å². The minimum Gasteiger partial charge on any atom is -0.491 e. The molecule has 0 aliphatic heterocycles. The smallest absolute Gasteiger partial charge is 0.123 e. The molecule has 0 fully saturated rings. The highest BCUT2D eigenvalue weighted by Gasteiger charge is 2.14. The van der Waals surface area contributed by atoms with E-state index in [9.17, 15) is 0 Å². The second-order valence-corrected chi connectivity index (χ2v) is 6.69. The molecule has 0 saturated carbocycles. The minimum atomic E-state index is 0.0356. The van der Waals surface area contributed by atoms with Crippen LogP contribution >= 0.6 is 0 Å². The summed E-state index contributed by atoms with van der Waals surface area (Å²) in [4.78, 5) is 0. The highest BCUT2D eigenvalue weighted by Crippen LogP contribution is 2.18. The van der Waals surface area contributed by atoms with Crippen LogP contribution in [0.3, 0.4) is 0 Å². The van der Waals surface area contributed by atoms with Crippen LogP contribution in [0.15, 0.2) is 47.1 Å². The lowest BCUT2D eigenvalue weighted by Gasteiger charge is -2.18. The van der Waals surface area contributed by atoms with E-state index in [4.69, 9.17) is 13.9 Å². The summed E-state index contributed by atoms with van der Waals surface area (Å²) in [5.41, 5.74) is 1.17. The largest absolute Gasteiger partial charge is 0.491 e. The summed E-state index contributed by atoms with van der Waals surface area (Å²) in [5.74, 6) is 2.32. The Morgan fingerprint density at radius 1 is 1.04 bits per heavy atom. The molecule has 24 heavy (non-hydrogen) atoms. The molecular formula is C20H29NO3. The SMILES string of the molecule is CC(C)COCC(NCc1cccc(OC(C)C)c1)c1ccco1. The topological polar surface area (TPSA) is 43.6 Å². The Morgan fingerprint density at radius 2 is 1.88 bits per heavy atom. The number of hydrogen-bond donors (Lipinski definition) is 1. The summed E-state index contributed by atoms with van der Waals surface area (Å²) >= 11 is 0. The van der Waals surface area contributed by atoms with Gasteiger partial charge < -0.3 is 19.2 Å². The average molecular weight is 331 g/mol. The molecule has 4 nitrogen and oxygen atoms in total. The maximum Gasteiger partial charge on any atom is 0.123 e. The first-order chi connectivity index (χ1) is 11.5. The fourth-order valence-corrected chi connectivity index (χ4v) is 2.39. The van der Waals surface area contributed by atoms with Gasteiger partial charge in [-0.2, -0.15) is 0 Å². The zero-order valence-electron chi connectivity index (χ0n) is 15.1. The monoisotopic (exact) mass is 331 g/mol. The van der Waals surface area contributed by atoms with Crippen molar-refractivity contribution in [2.45, 2.75) is 46.4 Å². The van der Waals surface area contributed by atoms with Gasteiger partial charge in [0.2, 0.25) is 0 Å². The van der Waals surface area contributed by atoms with Crippen molar-refractivity contribution in [2.24, 2.45) is 5.92 Å². The molecule has 4 heteroatoms. The predicted molar refractivity (Wildman–Crippen MR) is 96.2 cm³/mol. The highest BCUT2D eigenvalue weighted by atomic mass is 16.5. The Labute approximate surface area is 145 Å². The van der Waals surface area contributed by atoms with E-state index < -0.39 is 0 Å². The summed E-state index contributed by atoms with van der Waals surface area (Å²) in [6, 6.07) is 12.1. The molecule has 0 radical (unpaired) electrons. The quantitative estimate of drug-likeness (QED) is 0.692. The number of rotatable bonds is 10. The van der Waals surface area contributed by atoms with E-state index in [0.717, 1.165) is 24.7 Å². The van der Waals surface area contributed by atoms with Crippen molar-refractivity contribution in [3.05, 3.63) is 54.0 Å².